The average molecular weight is 617 g/mol. The van der Waals surface area contributed by atoms with Gasteiger partial charge in [0.15, 0.2) is 0 Å². The third kappa shape index (κ3) is 7.19. The van der Waals surface area contributed by atoms with Crippen molar-refractivity contribution in [2.75, 3.05) is 19.6 Å². The fourth-order valence-electron chi connectivity index (χ4n) is 6.77. The molecule has 1 amide bonds. The number of nitrogens with zero attached hydrogens (tertiary/aromatic N) is 3. The van der Waals surface area contributed by atoms with E-state index in [1.54, 1.807) is 32.0 Å². The summed E-state index contributed by atoms with van der Waals surface area (Å²) in [5, 5.41) is 17.3. The van der Waals surface area contributed by atoms with E-state index < -0.39 is 36.2 Å². The summed E-state index contributed by atoms with van der Waals surface area (Å²) in [6.45, 7) is 14.3. The lowest BCUT2D eigenvalue weighted by molar-refractivity contribution is -0.138. The van der Waals surface area contributed by atoms with Crippen LogP contribution in [-0.4, -0.2) is 51.3 Å². The zero-order valence-electron chi connectivity index (χ0n) is 27.2. The van der Waals surface area contributed by atoms with Crippen LogP contribution < -0.4 is 10.9 Å². The lowest BCUT2D eigenvalue weighted by atomic mass is 9.90. The summed E-state index contributed by atoms with van der Waals surface area (Å²) >= 11 is 0. The molecule has 1 aliphatic heterocycles. The van der Waals surface area contributed by atoms with Gasteiger partial charge in [0.25, 0.3) is 5.56 Å². The molecule has 3 aromatic rings. The highest BCUT2D eigenvalue weighted by Crippen LogP contribution is 2.52. The maximum Gasteiger partial charge on any atom is 0.305 e. The van der Waals surface area contributed by atoms with Crippen LogP contribution in [0.1, 0.15) is 85.1 Å². The van der Waals surface area contributed by atoms with Crippen molar-refractivity contribution in [2.45, 2.75) is 85.7 Å². The number of nitrogens with one attached hydrogen (secondary N) is 1. The molecule has 8 nitrogen and oxygen atoms in total. The number of benzene rings is 2. The predicted octanol–water partition coefficient (Wildman–Crippen LogP) is 5.84. The van der Waals surface area contributed by atoms with Crippen LogP contribution in [0.4, 0.5) is 4.39 Å². The van der Waals surface area contributed by atoms with Crippen molar-refractivity contribution in [3.8, 4) is 11.1 Å². The van der Waals surface area contributed by atoms with Gasteiger partial charge in [0.05, 0.1) is 18.2 Å². The molecule has 0 unspecified atom stereocenters. The molecular formula is C36H45FN4O4. The predicted molar refractivity (Wildman–Crippen MR) is 173 cm³/mol. The minimum Gasteiger partial charge on any atom is -0.481 e. The van der Waals surface area contributed by atoms with Gasteiger partial charge in [-0.05, 0) is 104 Å². The second-order valence-electron chi connectivity index (χ2n) is 13.8. The number of hydrogen-bond acceptors (Lipinski definition) is 5. The van der Waals surface area contributed by atoms with Gasteiger partial charge >= 0.3 is 5.97 Å². The lowest BCUT2D eigenvalue weighted by Crippen LogP contribution is -2.49. The first-order valence-electron chi connectivity index (χ1n) is 16.0. The fourth-order valence-corrected chi connectivity index (χ4v) is 6.77. The second-order valence-corrected chi connectivity index (χ2v) is 13.8. The molecule has 9 heteroatoms. The molecule has 2 aliphatic rings. The van der Waals surface area contributed by atoms with Gasteiger partial charge in [-0.25, -0.2) is 9.07 Å². The molecule has 45 heavy (non-hydrogen) atoms. The number of halogens is 1. The van der Waals surface area contributed by atoms with Crippen LogP contribution in [0.15, 0.2) is 41.2 Å². The number of amides is 1. The summed E-state index contributed by atoms with van der Waals surface area (Å²) in [4.78, 5) is 41.9. The van der Waals surface area contributed by atoms with Crippen LogP contribution in [0.25, 0.3) is 11.1 Å². The quantitative estimate of drug-likeness (QED) is 0.265. The molecule has 1 aliphatic carbocycles. The van der Waals surface area contributed by atoms with Gasteiger partial charge in [0.2, 0.25) is 5.91 Å². The third-order valence-corrected chi connectivity index (χ3v) is 9.34. The Hall–Kier alpha value is -3.85. The van der Waals surface area contributed by atoms with E-state index in [0.29, 0.717) is 29.4 Å². The Morgan fingerprint density at radius 2 is 1.69 bits per heavy atom. The summed E-state index contributed by atoms with van der Waals surface area (Å²) in [6.07, 6.45) is 3.05. The Balaban J connectivity index is 1.46. The van der Waals surface area contributed by atoms with Gasteiger partial charge in [0, 0.05) is 37.2 Å². The van der Waals surface area contributed by atoms with E-state index in [2.05, 4.69) is 15.3 Å². The van der Waals surface area contributed by atoms with Gasteiger partial charge in [0.1, 0.15) is 11.9 Å². The highest BCUT2D eigenvalue weighted by Gasteiger charge is 2.51. The number of likely N-dealkylation sites (tertiary alicyclic amines) is 1. The van der Waals surface area contributed by atoms with Gasteiger partial charge < -0.3 is 15.3 Å². The summed E-state index contributed by atoms with van der Waals surface area (Å²) < 4.78 is 17.0. The zero-order chi connectivity index (χ0) is 32.6. The molecule has 1 spiro atoms. The summed E-state index contributed by atoms with van der Waals surface area (Å²) in [5.41, 5.74) is 5.55. The number of aliphatic carboxylic acids is 1. The minimum atomic E-state index is -1.18. The number of carboxylic acids is 1. The Kier molecular flexibility index (Phi) is 9.31. The number of carbonyl (C=O) groups excluding carboxylic acids is 1. The lowest BCUT2D eigenvalue weighted by Gasteiger charge is -2.40. The van der Waals surface area contributed by atoms with Crippen LogP contribution in [0.3, 0.4) is 0 Å². The highest BCUT2D eigenvalue weighted by atomic mass is 19.1. The number of carboxylic acid groups (broad SMARTS) is 1. The van der Waals surface area contributed by atoms with Crippen molar-refractivity contribution in [1.82, 2.24) is 20.0 Å². The highest BCUT2D eigenvalue weighted by molar-refractivity contribution is 5.82. The topological polar surface area (TPSA) is 105 Å². The van der Waals surface area contributed by atoms with E-state index in [0.717, 1.165) is 47.6 Å². The van der Waals surface area contributed by atoms with E-state index in [4.69, 9.17) is 0 Å². The van der Waals surface area contributed by atoms with Crippen LogP contribution in [0.5, 0.6) is 0 Å². The van der Waals surface area contributed by atoms with E-state index >= 15 is 4.39 Å². The Morgan fingerprint density at radius 3 is 2.29 bits per heavy atom. The summed E-state index contributed by atoms with van der Waals surface area (Å²) in [7, 11) is 0. The van der Waals surface area contributed by atoms with Gasteiger partial charge in [-0.3, -0.25) is 14.4 Å². The number of rotatable bonds is 12. The van der Waals surface area contributed by atoms with Crippen molar-refractivity contribution >= 4 is 11.9 Å². The smallest absolute Gasteiger partial charge is 0.305 e. The van der Waals surface area contributed by atoms with Crippen molar-refractivity contribution in [1.29, 1.82) is 0 Å². The van der Waals surface area contributed by atoms with Crippen LogP contribution in [-0.2, 0) is 16.0 Å². The Bertz CT molecular complexity index is 1650. The first-order valence-corrected chi connectivity index (χ1v) is 16.0. The third-order valence-electron chi connectivity index (χ3n) is 9.34. The molecule has 240 valence electrons. The molecule has 0 radical (unpaired) electrons. The molecule has 2 N–H and O–H groups in total. The molecule has 2 atom stereocenters. The first kappa shape index (κ1) is 32.5. The number of aryl methyl sites for hydroxylation is 4. The SMILES string of the molecule is Cc1cc(-c2c(C)cccc2C)cc([C@H](CC(=O)O)NC(=O)[C@H](CC(C)C)n2nc(CCN3CC4(CC4)C3)cc(C)c2=O)c1F. The molecule has 2 heterocycles. The van der Waals surface area contributed by atoms with E-state index in [1.165, 1.54) is 17.5 Å². The second kappa shape index (κ2) is 12.9. The monoisotopic (exact) mass is 616 g/mol. The van der Waals surface area contributed by atoms with E-state index in [-0.39, 0.29) is 17.0 Å². The number of carbonyl (C=O) groups is 2. The summed E-state index contributed by atoms with van der Waals surface area (Å²) in [6, 6.07) is 8.93. The molecule has 5 rings (SSSR count). The molecule has 1 saturated carbocycles. The zero-order valence-corrected chi connectivity index (χ0v) is 27.2. The Morgan fingerprint density at radius 1 is 1.02 bits per heavy atom. The van der Waals surface area contributed by atoms with E-state index in [9.17, 15) is 19.5 Å². The van der Waals surface area contributed by atoms with Crippen molar-refractivity contribution in [2.24, 2.45) is 11.3 Å². The standard InChI is InChI=1S/C36H45FN4O4/c1-21(2)14-30(41-35(45)25(6)16-27(39-41)10-13-40-19-36(20-40)11-12-36)34(44)38-29(18-31(42)43)28-17-26(15-24(5)33(28)37)32-22(3)8-7-9-23(32)4/h7-9,15-17,21,29-30H,10-14,18-20H2,1-6H3,(H,38,44)(H,42,43)/t29-,30-/m0/s1. The number of hydrogen-bond donors (Lipinski definition) is 2. The summed E-state index contributed by atoms with van der Waals surface area (Å²) in [5.74, 6) is -2.28. The van der Waals surface area contributed by atoms with Crippen LogP contribution in [0.2, 0.25) is 0 Å². The molecule has 1 aromatic heterocycles. The maximum atomic E-state index is 15.8. The molecular weight excluding hydrogens is 571 g/mol. The Labute approximate surface area is 264 Å². The van der Waals surface area contributed by atoms with Crippen LogP contribution in [0, 0.1) is 44.8 Å². The fraction of sp³-hybridized carbons (Fsp3) is 0.500. The largest absolute Gasteiger partial charge is 0.481 e. The van der Waals surface area contributed by atoms with Gasteiger partial charge in [-0.15, -0.1) is 0 Å². The average Bonchev–Trinajstić information content (AvgIpc) is 3.74. The molecule has 0 bridgehead atoms. The number of aromatic nitrogens is 2. The minimum absolute atomic E-state index is 0.0264. The van der Waals surface area contributed by atoms with Crippen LogP contribution >= 0.6 is 0 Å². The van der Waals surface area contributed by atoms with Crippen molar-refractivity contribution in [3.05, 3.63) is 86.1 Å². The molecule has 2 fully saturated rings. The van der Waals surface area contributed by atoms with E-state index in [1.807, 2.05) is 45.9 Å². The van der Waals surface area contributed by atoms with Crippen molar-refractivity contribution < 1.29 is 19.1 Å². The van der Waals surface area contributed by atoms with Gasteiger partial charge in [-0.2, -0.15) is 5.10 Å². The van der Waals surface area contributed by atoms with Crippen molar-refractivity contribution in [3.63, 3.8) is 0 Å². The molecule has 2 aromatic carbocycles. The first-order chi connectivity index (χ1) is 21.3. The normalized spacial score (nSPS) is 16.8. The maximum absolute atomic E-state index is 15.8. The van der Waals surface area contributed by atoms with Gasteiger partial charge in [-0.1, -0.05) is 32.0 Å². The molecule has 1 saturated heterocycles.